The van der Waals surface area contributed by atoms with E-state index in [4.69, 9.17) is 0 Å². The number of rotatable bonds is 6. The topological polar surface area (TPSA) is 37.4 Å². The minimum atomic E-state index is -0.506. The molecule has 0 saturated heterocycles. The Morgan fingerprint density at radius 2 is 2.08 bits per heavy atom. The summed E-state index contributed by atoms with van der Waals surface area (Å²) in [5.74, 6) is 0.0861. The predicted molar refractivity (Wildman–Crippen MR) is 99.7 cm³/mol. The number of benzene rings is 1. The van der Waals surface area contributed by atoms with Crippen LogP contribution < -0.4 is 0 Å². The Kier molecular flexibility index (Phi) is 4.76. The largest absolute Gasteiger partial charge is 0.300 e. The SMILES string of the molecule is CC(=O)Cc1cc2c(s1)CCN(C(C(=O)C1CC1)c1ccccc1F)C2. The van der Waals surface area contributed by atoms with Gasteiger partial charge in [0.25, 0.3) is 0 Å². The molecule has 26 heavy (non-hydrogen) atoms. The minimum Gasteiger partial charge on any atom is -0.300 e. The summed E-state index contributed by atoms with van der Waals surface area (Å²) in [6, 6.07) is 8.23. The van der Waals surface area contributed by atoms with E-state index < -0.39 is 6.04 Å². The summed E-state index contributed by atoms with van der Waals surface area (Å²) in [7, 11) is 0. The fourth-order valence-electron chi connectivity index (χ4n) is 3.79. The summed E-state index contributed by atoms with van der Waals surface area (Å²) in [6.07, 6.45) is 3.16. The third kappa shape index (κ3) is 3.51. The number of halogens is 1. The van der Waals surface area contributed by atoms with Crippen LogP contribution in [0.3, 0.4) is 0 Å². The maximum Gasteiger partial charge on any atom is 0.157 e. The Morgan fingerprint density at radius 3 is 2.77 bits per heavy atom. The second kappa shape index (κ2) is 7.05. The van der Waals surface area contributed by atoms with Crippen LogP contribution in [0.1, 0.15) is 46.7 Å². The fourth-order valence-corrected chi connectivity index (χ4v) is 5.03. The number of fused-ring (bicyclic) bond motifs is 1. The first-order chi connectivity index (χ1) is 12.5. The summed E-state index contributed by atoms with van der Waals surface area (Å²) in [5.41, 5.74) is 1.68. The van der Waals surface area contributed by atoms with Crippen LogP contribution in [-0.4, -0.2) is 23.0 Å². The normalized spacial score (nSPS) is 18.4. The molecule has 1 unspecified atom stereocenters. The van der Waals surface area contributed by atoms with E-state index in [1.54, 1.807) is 36.5 Å². The lowest BCUT2D eigenvalue weighted by atomic mass is 9.95. The molecule has 0 amide bonds. The third-order valence-electron chi connectivity index (χ3n) is 5.18. The van der Waals surface area contributed by atoms with E-state index in [0.29, 0.717) is 18.5 Å². The van der Waals surface area contributed by atoms with Crippen LogP contribution in [0.25, 0.3) is 0 Å². The van der Waals surface area contributed by atoms with E-state index in [2.05, 4.69) is 11.0 Å². The zero-order chi connectivity index (χ0) is 18.3. The van der Waals surface area contributed by atoms with Crippen molar-refractivity contribution in [1.82, 2.24) is 4.90 Å². The van der Waals surface area contributed by atoms with Crippen molar-refractivity contribution in [2.45, 2.75) is 45.2 Å². The van der Waals surface area contributed by atoms with E-state index in [-0.39, 0.29) is 23.3 Å². The molecular formula is C21H22FNO2S. The Bertz CT molecular complexity index is 855. The van der Waals surface area contributed by atoms with Gasteiger partial charge < -0.3 is 0 Å². The highest BCUT2D eigenvalue weighted by Crippen LogP contribution is 2.40. The van der Waals surface area contributed by atoms with E-state index >= 15 is 0 Å². The smallest absolute Gasteiger partial charge is 0.157 e. The standard InChI is InChI=1S/C21H22FNO2S/c1-13(24)10-16-11-15-12-23(9-8-19(15)26-16)20(21(25)14-6-7-14)17-4-2-3-5-18(17)22/h2-5,11,14,20H,6-10,12H2,1H3. The van der Waals surface area contributed by atoms with Crippen LogP contribution in [-0.2, 0) is 29.0 Å². The molecule has 1 aromatic heterocycles. The van der Waals surface area contributed by atoms with E-state index in [1.165, 1.54) is 16.5 Å². The van der Waals surface area contributed by atoms with Crippen molar-refractivity contribution >= 4 is 22.9 Å². The molecular weight excluding hydrogens is 349 g/mol. The Balaban J connectivity index is 1.63. The van der Waals surface area contributed by atoms with Crippen molar-refractivity contribution in [1.29, 1.82) is 0 Å². The molecule has 2 aliphatic rings. The van der Waals surface area contributed by atoms with Crippen molar-refractivity contribution in [3.8, 4) is 0 Å². The number of Topliss-reactive ketones (excluding diaryl/α,β-unsaturated/α-hetero) is 2. The Morgan fingerprint density at radius 1 is 1.31 bits per heavy atom. The van der Waals surface area contributed by atoms with Gasteiger partial charge in [0.1, 0.15) is 11.6 Å². The molecule has 0 N–H and O–H groups in total. The molecule has 3 nitrogen and oxygen atoms in total. The zero-order valence-electron chi connectivity index (χ0n) is 14.8. The van der Waals surface area contributed by atoms with Crippen molar-refractivity contribution in [2.75, 3.05) is 6.54 Å². The second-order valence-corrected chi connectivity index (χ2v) is 8.58. The van der Waals surface area contributed by atoms with E-state index in [1.807, 2.05) is 0 Å². The highest BCUT2D eigenvalue weighted by molar-refractivity contribution is 7.12. The Hall–Kier alpha value is -1.85. The van der Waals surface area contributed by atoms with E-state index in [9.17, 15) is 14.0 Å². The number of carbonyl (C=O) groups is 2. The molecule has 2 heterocycles. The number of hydrogen-bond acceptors (Lipinski definition) is 4. The molecule has 1 aromatic carbocycles. The van der Waals surface area contributed by atoms with Crippen LogP contribution in [0.4, 0.5) is 4.39 Å². The average molecular weight is 371 g/mol. The number of ketones is 2. The third-order valence-corrected chi connectivity index (χ3v) is 6.42. The first-order valence-electron chi connectivity index (χ1n) is 9.15. The van der Waals surface area contributed by atoms with Crippen LogP contribution in [0, 0.1) is 11.7 Å². The fraction of sp³-hybridized carbons (Fsp3) is 0.429. The maximum atomic E-state index is 14.5. The highest BCUT2D eigenvalue weighted by Gasteiger charge is 2.40. The average Bonchev–Trinajstić information content (AvgIpc) is 3.37. The van der Waals surface area contributed by atoms with Gasteiger partial charge >= 0.3 is 0 Å². The quantitative estimate of drug-likeness (QED) is 0.767. The number of carbonyl (C=O) groups excluding carboxylic acids is 2. The summed E-state index contributed by atoms with van der Waals surface area (Å²) < 4.78 is 14.5. The van der Waals surface area contributed by atoms with Crippen molar-refractivity contribution in [3.05, 3.63) is 57.0 Å². The summed E-state index contributed by atoms with van der Waals surface area (Å²) in [4.78, 5) is 28.9. The summed E-state index contributed by atoms with van der Waals surface area (Å²) >= 11 is 1.70. The summed E-state index contributed by atoms with van der Waals surface area (Å²) in [5, 5.41) is 0. The lowest BCUT2D eigenvalue weighted by Crippen LogP contribution is -2.38. The first kappa shape index (κ1) is 17.6. The van der Waals surface area contributed by atoms with Gasteiger partial charge in [-0.2, -0.15) is 0 Å². The zero-order valence-corrected chi connectivity index (χ0v) is 15.7. The van der Waals surface area contributed by atoms with Gasteiger partial charge in [-0.25, -0.2) is 4.39 Å². The molecule has 1 aliphatic carbocycles. The van der Waals surface area contributed by atoms with Crippen LogP contribution in [0.2, 0.25) is 0 Å². The van der Waals surface area contributed by atoms with E-state index in [0.717, 1.165) is 30.7 Å². The number of hydrogen-bond donors (Lipinski definition) is 0. The Labute approximate surface area is 156 Å². The molecule has 136 valence electrons. The van der Waals surface area contributed by atoms with Crippen molar-refractivity contribution < 1.29 is 14.0 Å². The predicted octanol–water partition coefficient (Wildman–Crippen LogP) is 4.10. The second-order valence-electron chi connectivity index (χ2n) is 7.36. The van der Waals surface area contributed by atoms with Crippen LogP contribution in [0.15, 0.2) is 30.3 Å². The summed E-state index contributed by atoms with van der Waals surface area (Å²) in [6.45, 7) is 2.99. The molecule has 1 atom stereocenters. The molecule has 2 aromatic rings. The monoisotopic (exact) mass is 371 g/mol. The number of thiophene rings is 1. The van der Waals surface area contributed by atoms with Gasteiger partial charge in [0, 0.05) is 40.7 Å². The van der Waals surface area contributed by atoms with Gasteiger partial charge in [-0.15, -0.1) is 11.3 Å². The molecule has 1 saturated carbocycles. The molecule has 1 aliphatic heterocycles. The minimum absolute atomic E-state index is 0.0803. The van der Waals surface area contributed by atoms with Gasteiger partial charge in [0.05, 0.1) is 6.04 Å². The van der Waals surface area contributed by atoms with Gasteiger partial charge in [-0.1, -0.05) is 18.2 Å². The molecule has 0 bridgehead atoms. The molecule has 5 heteroatoms. The number of nitrogens with zero attached hydrogens (tertiary/aromatic N) is 1. The van der Waals surface area contributed by atoms with Crippen molar-refractivity contribution in [2.24, 2.45) is 5.92 Å². The molecule has 0 radical (unpaired) electrons. The van der Waals surface area contributed by atoms with Gasteiger partial charge in [0.15, 0.2) is 5.78 Å². The lowest BCUT2D eigenvalue weighted by molar-refractivity contribution is -0.126. The van der Waals surface area contributed by atoms with Gasteiger partial charge in [-0.3, -0.25) is 14.5 Å². The molecule has 1 fully saturated rings. The molecule has 0 spiro atoms. The van der Waals surface area contributed by atoms with Gasteiger partial charge in [0.2, 0.25) is 0 Å². The van der Waals surface area contributed by atoms with Gasteiger partial charge in [-0.05, 0) is 43.9 Å². The van der Waals surface area contributed by atoms with Crippen LogP contribution in [0.5, 0.6) is 0 Å². The highest BCUT2D eigenvalue weighted by atomic mass is 32.1. The van der Waals surface area contributed by atoms with Crippen molar-refractivity contribution in [3.63, 3.8) is 0 Å². The lowest BCUT2D eigenvalue weighted by Gasteiger charge is -2.34. The first-order valence-corrected chi connectivity index (χ1v) is 9.96. The maximum absolute atomic E-state index is 14.5. The van der Waals surface area contributed by atoms with Crippen LogP contribution >= 0.6 is 11.3 Å². The molecule has 4 rings (SSSR count).